The third kappa shape index (κ3) is 8.18. The Morgan fingerprint density at radius 3 is 2.04 bits per heavy atom. The Kier molecular flexibility index (Phi) is 12.8. The Labute approximate surface area is 179 Å². The number of benzene rings is 1. The van der Waals surface area contributed by atoms with Crippen molar-refractivity contribution in [2.45, 2.75) is 32.8 Å². The summed E-state index contributed by atoms with van der Waals surface area (Å²) >= 11 is 0. The standard InChI is InChI=1S/C14H15N2O2.C5H12O4.Ir/c1-9-8-15-14(10(2)16-9)11-5-6-12(17-3)13(7-11)18-4;1-8-4(6)3-5(7)9-2;/h6-8H,1-4H3;4-7H,3H2,1-2H3;/q-1;;. The van der Waals surface area contributed by atoms with Crippen molar-refractivity contribution < 1.29 is 49.3 Å². The van der Waals surface area contributed by atoms with Crippen LogP contribution in [-0.2, 0) is 29.6 Å². The summed E-state index contributed by atoms with van der Waals surface area (Å²) in [7, 11) is 5.91. The minimum atomic E-state index is -0.944. The van der Waals surface area contributed by atoms with Gasteiger partial charge in [0.05, 0.1) is 31.4 Å². The van der Waals surface area contributed by atoms with E-state index in [9.17, 15) is 0 Å². The first-order valence-electron chi connectivity index (χ1n) is 8.22. The number of aromatic nitrogens is 2. The van der Waals surface area contributed by atoms with Crippen LogP contribution in [0.5, 0.6) is 11.5 Å². The first-order valence-corrected chi connectivity index (χ1v) is 8.22. The molecule has 2 aromatic rings. The molecular weight excluding hydrogens is 544 g/mol. The van der Waals surface area contributed by atoms with Gasteiger partial charge in [-0.05, 0) is 13.8 Å². The molecule has 1 aromatic carbocycles. The summed E-state index contributed by atoms with van der Waals surface area (Å²) in [6, 6.07) is 6.73. The largest absolute Gasteiger partial charge is 0.536 e. The summed E-state index contributed by atoms with van der Waals surface area (Å²) in [5.74, 6) is 1.31. The van der Waals surface area contributed by atoms with Crippen molar-refractivity contribution in [1.29, 1.82) is 0 Å². The first kappa shape index (κ1) is 26.4. The Balaban J connectivity index is 0.000000627. The molecular formula is C19H27IrN2O6-. The molecule has 8 nitrogen and oxygen atoms in total. The smallest absolute Gasteiger partial charge is 0.158 e. The topological polar surface area (TPSA) is 103 Å². The fourth-order valence-electron chi connectivity index (χ4n) is 2.14. The number of methoxy groups -OCH3 is 4. The second-order valence-electron chi connectivity index (χ2n) is 5.55. The zero-order valence-electron chi connectivity index (χ0n) is 16.8. The maximum atomic E-state index is 8.70. The number of aliphatic hydroxyl groups excluding tert-OH is 2. The third-order valence-electron chi connectivity index (χ3n) is 3.59. The van der Waals surface area contributed by atoms with Crippen LogP contribution in [0.25, 0.3) is 11.3 Å². The number of aliphatic hydroxyl groups is 2. The van der Waals surface area contributed by atoms with Gasteiger partial charge in [0.25, 0.3) is 0 Å². The molecule has 0 aliphatic rings. The van der Waals surface area contributed by atoms with Crippen LogP contribution in [0.2, 0.25) is 0 Å². The Hall–Kier alpha value is -1.61. The quantitative estimate of drug-likeness (QED) is 0.384. The first-order chi connectivity index (χ1) is 12.9. The SMILES string of the molecule is COC(O)CC(O)OC.COc1c[c-]c(-c2ncc(C)nc2C)cc1OC.[Ir]. The van der Waals surface area contributed by atoms with Gasteiger partial charge in [-0.15, -0.1) is 17.7 Å². The Morgan fingerprint density at radius 1 is 1.00 bits per heavy atom. The van der Waals surface area contributed by atoms with E-state index >= 15 is 0 Å². The van der Waals surface area contributed by atoms with Crippen LogP contribution in [0, 0.1) is 19.9 Å². The number of aryl methyl sites for hydroxylation is 2. The van der Waals surface area contributed by atoms with Crippen LogP contribution < -0.4 is 9.47 Å². The number of hydrogen-bond acceptors (Lipinski definition) is 8. The van der Waals surface area contributed by atoms with Gasteiger partial charge < -0.3 is 34.1 Å². The fourth-order valence-corrected chi connectivity index (χ4v) is 2.14. The molecule has 2 N–H and O–H groups in total. The summed E-state index contributed by atoms with van der Waals surface area (Å²) in [4.78, 5) is 8.78. The molecule has 1 radical (unpaired) electrons. The van der Waals surface area contributed by atoms with Gasteiger partial charge in [-0.1, -0.05) is 6.07 Å². The van der Waals surface area contributed by atoms with Crippen LogP contribution in [-0.4, -0.2) is 61.2 Å². The maximum absolute atomic E-state index is 8.70. The monoisotopic (exact) mass is 572 g/mol. The molecule has 2 unspecified atom stereocenters. The van der Waals surface area contributed by atoms with Crippen LogP contribution >= 0.6 is 0 Å². The van der Waals surface area contributed by atoms with E-state index < -0.39 is 12.6 Å². The van der Waals surface area contributed by atoms with Crippen molar-refractivity contribution in [3.63, 3.8) is 0 Å². The summed E-state index contributed by atoms with van der Waals surface area (Å²) < 4.78 is 19.3. The number of nitrogens with zero attached hydrogens (tertiary/aromatic N) is 2. The summed E-state index contributed by atoms with van der Waals surface area (Å²) in [6.07, 6.45) is -0.0697. The molecule has 0 spiro atoms. The van der Waals surface area contributed by atoms with Crippen molar-refractivity contribution in [3.8, 4) is 22.8 Å². The second-order valence-corrected chi connectivity index (χ2v) is 5.55. The van der Waals surface area contributed by atoms with Gasteiger partial charge in [-0.3, -0.25) is 4.98 Å². The van der Waals surface area contributed by atoms with Gasteiger partial charge in [-0.25, -0.2) is 0 Å². The summed E-state index contributed by atoms with van der Waals surface area (Å²) in [5.41, 5.74) is 3.43. The summed E-state index contributed by atoms with van der Waals surface area (Å²) in [6.45, 7) is 3.85. The van der Waals surface area contributed by atoms with Gasteiger partial charge in [0, 0.05) is 58.3 Å². The Morgan fingerprint density at radius 2 is 1.57 bits per heavy atom. The van der Waals surface area contributed by atoms with Crippen molar-refractivity contribution in [1.82, 2.24) is 9.97 Å². The summed E-state index contributed by atoms with van der Waals surface area (Å²) in [5, 5.41) is 17.4. The van der Waals surface area contributed by atoms with Crippen molar-refractivity contribution in [3.05, 3.63) is 35.8 Å². The van der Waals surface area contributed by atoms with E-state index in [-0.39, 0.29) is 26.5 Å². The molecule has 0 fully saturated rings. The van der Waals surface area contributed by atoms with E-state index in [1.165, 1.54) is 14.2 Å². The van der Waals surface area contributed by atoms with Crippen molar-refractivity contribution >= 4 is 0 Å². The van der Waals surface area contributed by atoms with E-state index in [1.54, 1.807) is 26.5 Å². The van der Waals surface area contributed by atoms with Gasteiger partial charge in [-0.2, -0.15) is 0 Å². The maximum Gasteiger partial charge on any atom is 0.158 e. The molecule has 9 heteroatoms. The van der Waals surface area contributed by atoms with Crippen molar-refractivity contribution in [2.24, 2.45) is 0 Å². The molecule has 0 saturated heterocycles. The van der Waals surface area contributed by atoms with E-state index in [2.05, 4.69) is 25.5 Å². The molecule has 159 valence electrons. The molecule has 2 rings (SSSR count). The van der Waals surface area contributed by atoms with Crippen LogP contribution in [0.15, 0.2) is 18.3 Å². The van der Waals surface area contributed by atoms with Crippen LogP contribution in [0.3, 0.4) is 0 Å². The zero-order valence-corrected chi connectivity index (χ0v) is 19.2. The number of hydrogen-bond donors (Lipinski definition) is 2. The van der Waals surface area contributed by atoms with Crippen molar-refractivity contribution in [2.75, 3.05) is 28.4 Å². The fraction of sp³-hybridized carbons (Fsp3) is 0.474. The van der Waals surface area contributed by atoms with E-state index in [0.717, 1.165) is 22.6 Å². The molecule has 0 saturated carbocycles. The van der Waals surface area contributed by atoms with E-state index in [0.29, 0.717) is 11.5 Å². The third-order valence-corrected chi connectivity index (χ3v) is 3.59. The Bertz CT molecular complexity index is 709. The van der Waals surface area contributed by atoms with Gasteiger partial charge in [0.1, 0.15) is 0 Å². The zero-order chi connectivity index (χ0) is 20.4. The molecule has 0 amide bonds. The average Bonchev–Trinajstić information content (AvgIpc) is 2.67. The second kappa shape index (κ2) is 13.5. The average molecular weight is 572 g/mol. The minimum absolute atomic E-state index is 0. The molecule has 1 aromatic heterocycles. The predicted molar refractivity (Wildman–Crippen MR) is 99.5 cm³/mol. The molecule has 2 atom stereocenters. The normalized spacial score (nSPS) is 12.1. The molecule has 1 heterocycles. The predicted octanol–water partition coefficient (Wildman–Crippen LogP) is 1.88. The van der Waals surface area contributed by atoms with Gasteiger partial charge in [0.15, 0.2) is 12.6 Å². The number of ether oxygens (including phenoxy) is 4. The number of rotatable bonds is 7. The molecule has 0 bridgehead atoms. The van der Waals surface area contributed by atoms with Crippen LogP contribution in [0.4, 0.5) is 0 Å². The van der Waals surface area contributed by atoms with E-state index in [1.807, 2.05) is 19.9 Å². The van der Waals surface area contributed by atoms with Gasteiger partial charge >= 0.3 is 0 Å². The molecule has 28 heavy (non-hydrogen) atoms. The van der Waals surface area contributed by atoms with E-state index in [4.69, 9.17) is 19.7 Å². The van der Waals surface area contributed by atoms with Gasteiger partial charge in [0.2, 0.25) is 0 Å². The molecule has 0 aliphatic heterocycles. The minimum Gasteiger partial charge on any atom is -0.536 e. The molecule has 0 aliphatic carbocycles. The van der Waals surface area contributed by atoms with Crippen LogP contribution in [0.1, 0.15) is 17.8 Å².